The summed E-state index contributed by atoms with van der Waals surface area (Å²) in [4.78, 5) is 24.2. The number of nitrogens with zero attached hydrogens (tertiary/aromatic N) is 6. The van der Waals surface area contributed by atoms with Crippen molar-refractivity contribution in [2.24, 2.45) is 0 Å². The molecule has 0 spiro atoms. The van der Waals surface area contributed by atoms with Gasteiger partial charge in [0.15, 0.2) is 5.65 Å². The molecule has 1 unspecified atom stereocenters. The highest BCUT2D eigenvalue weighted by molar-refractivity contribution is 5.92. The Kier molecular flexibility index (Phi) is 3.96. The maximum atomic E-state index is 13.0. The molecular formula is C20H20N6O2. The summed E-state index contributed by atoms with van der Waals surface area (Å²) in [6.07, 6.45) is 7.63. The summed E-state index contributed by atoms with van der Waals surface area (Å²) in [5.74, 6) is 0.837. The molecule has 4 aromatic rings. The second kappa shape index (κ2) is 6.63. The van der Waals surface area contributed by atoms with Crippen LogP contribution in [-0.2, 0) is 6.54 Å². The summed E-state index contributed by atoms with van der Waals surface area (Å²) in [6, 6.07) is 7.63. The van der Waals surface area contributed by atoms with E-state index in [4.69, 9.17) is 9.40 Å². The van der Waals surface area contributed by atoms with Crippen LogP contribution in [0.1, 0.15) is 29.9 Å². The zero-order chi connectivity index (χ0) is 19.1. The second-order valence-electron chi connectivity index (χ2n) is 6.89. The molecule has 0 bridgehead atoms. The van der Waals surface area contributed by atoms with Crippen LogP contribution < -0.4 is 0 Å². The number of carbonyl (C=O) groups excluding carboxylic acids is 1. The number of imidazole rings is 1. The van der Waals surface area contributed by atoms with Crippen molar-refractivity contribution in [3.63, 3.8) is 0 Å². The lowest BCUT2D eigenvalue weighted by Crippen LogP contribution is -2.31. The Morgan fingerprint density at radius 3 is 3.04 bits per heavy atom. The van der Waals surface area contributed by atoms with Crippen molar-refractivity contribution in [1.82, 2.24) is 29.2 Å². The van der Waals surface area contributed by atoms with Gasteiger partial charge in [-0.1, -0.05) is 0 Å². The third-order valence-corrected chi connectivity index (χ3v) is 5.28. The number of aryl methyl sites for hydroxylation is 1. The van der Waals surface area contributed by atoms with E-state index in [0.717, 1.165) is 29.0 Å². The van der Waals surface area contributed by atoms with Crippen molar-refractivity contribution in [3.8, 4) is 11.4 Å². The van der Waals surface area contributed by atoms with Crippen LogP contribution in [0, 0.1) is 0 Å². The first kappa shape index (κ1) is 16.7. The van der Waals surface area contributed by atoms with Gasteiger partial charge in [-0.05, 0) is 37.6 Å². The van der Waals surface area contributed by atoms with Crippen molar-refractivity contribution in [1.29, 1.82) is 0 Å². The van der Waals surface area contributed by atoms with Gasteiger partial charge < -0.3 is 13.9 Å². The van der Waals surface area contributed by atoms with Crippen molar-refractivity contribution in [3.05, 3.63) is 54.9 Å². The molecule has 1 aliphatic heterocycles. The van der Waals surface area contributed by atoms with Gasteiger partial charge in [0.05, 0.1) is 17.9 Å². The van der Waals surface area contributed by atoms with Crippen LogP contribution in [-0.4, -0.2) is 48.2 Å². The molecule has 4 aromatic heterocycles. The van der Waals surface area contributed by atoms with E-state index in [1.165, 1.54) is 0 Å². The van der Waals surface area contributed by atoms with Gasteiger partial charge in [-0.2, -0.15) is 5.10 Å². The third-order valence-electron chi connectivity index (χ3n) is 5.28. The number of amides is 1. The molecule has 1 fully saturated rings. The Morgan fingerprint density at radius 2 is 2.21 bits per heavy atom. The number of rotatable bonds is 4. The fraction of sp³-hybridized carbons (Fsp3) is 0.300. The summed E-state index contributed by atoms with van der Waals surface area (Å²) in [6.45, 7) is 3.96. The molecule has 1 amide bonds. The molecule has 0 aromatic carbocycles. The van der Waals surface area contributed by atoms with Crippen LogP contribution >= 0.6 is 0 Å². The van der Waals surface area contributed by atoms with Gasteiger partial charge in [0, 0.05) is 32.0 Å². The molecule has 1 aliphatic rings. The quantitative estimate of drug-likeness (QED) is 0.547. The van der Waals surface area contributed by atoms with Crippen LogP contribution in [0.4, 0.5) is 0 Å². The van der Waals surface area contributed by atoms with Gasteiger partial charge in [-0.15, -0.1) is 0 Å². The molecule has 1 saturated heterocycles. The fourth-order valence-electron chi connectivity index (χ4n) is 3.94. The number of furan rings is 1. The van der Waals surface area contributed by atoms with Crippen LogP contribution in [0.3, 0.4) is 0 Å². The average Bonchev–Trinajstić information content (AvgIpc) is 3.52. The lowest BCUT2D eigenvalue weighted by atomic mass is 10.2. The Bertz CT molecular complexity index is 1130. The predicted octanol–water partition coefficient (Wildman–Crippen LogP) is 2.99. The van der Waals surface area contributed by atoms with Crippen molar-refractivity contribution < 1.29 is 9.21 Å². The monoisotopic (exact) mass is 376 g/mol. The van der Waals surface area contributed by atoms with E-state index in [1.807, 2.05) is 30.0 Å². The highest BCUT2D eigenvalue weighted by Crippen LogP contribution is 2.32. The van der Waals surface area contributed by atoms with Crippen LogP contribution in [0.15, 0.2) is 53.6 Å². The van der Waals surface area contributed by atoms with Crippen LogP contribution in [0.5, 0.6) is 0 Å². The third kappa shape index (κ3) is 2.60. The summed E-state index contributed by atoms with van der Waals surface area (Å²) in [7, 11) is 0. The maximum Gasteiger partial charge on any atom is 0.272 e. The van der Waals surface area contributed by atoms with E-state index in [2.05, 4.69) is 14.6 Å². The highest BCUT2D eigenvalue weighted by Gasteiger charge is 2.32. The number of fused-ring (bicyclic) bond motifs is 1. The Morgan fingerprint density at radius 1 is 1.29 bits per heavy atom. The SMILES string of the molecule is CCn1nccc1C(=O)N1CCC(n2c(-c3ccoc3)nc3cccnc32)C1. The molecular weight excluding hydrogens is 356 g/mol. The molecule has 0 N–H and O–H groups in total. The first-order valence-electron chi connectivity index (χ1n) is 9.43. The second-order valence-corrected chi connectivity index (χ2v) is 6.89. The van der Waals surface area contributed by atoms with Gasteiger partial charge in [0.1, 0.15) is 23.3 Å². The molecule has 0 saturated carbocycles. The number of aromatic nitrogens is 5. The first-order chi connectivity index (χ1) is 13.8. The van der Waals surface area contributed by atoms with E-state index < -0.39 is 0 Å². The predicted molar refractivity (Wildman–Crippen MR) is 103 cm³/mol. The minimum absolute atomic E-state index is 0.0177. The molecule has 0 radical (unpaired) electrons. The lowest BCUT2D eigenvalue weighted by molar-refractivity contribution is 0.0775. The highest BCUT2D eigenvalue weighted by atomic mass is 16.3. The largest absolute Gasteiger partial charge is 0.472 e. The van der Waals surface area contributed by atoms with E-state index in [9.17, 15) is 4.79 Å². The van der Waals surface area contributed by atoms with E-state index in [-0.39, 0.29) is 11.9 Å². The number of pyridine rings is 1. The van der Waals surface area contributed by atoms with E-state index in [1.54, 1.807) is 35.7 Å². The summed E-state index contributed by atoms with van der Waals surface area (Å²) < 4.78 is 9.15. The Hall–Kier alpha value is -3.42. The van der Waals surface area contributed by atoms with Gasteiger partial charge in [-0.3, -0.25) is 9.48 Å². The zero-order valence-electron chi connectivity index (χ0n) is 15.5. The molecule has 5 rings (SSSR count). The number of carbonyl (C=O) groups is 1. The van der Waals surface area contributed by atoms with Gasteiger partial charge in [0.25, 0.3) is 5.91 Å². The average molecular weight is 376 g/mol. The van der Waals surface area contributed by atoms with Crippen molar-refractivity contribution in [2.45, 2.75) is 25.9 Å². The summed E-state index contributed by atoms with van der Waals surface area (Å²) in [5, 5.41) is 4.22. The molecule has 28 heavy (non-hydrogen) atoms. The summed E-state index contributed by atoms with van der Waals surface area (Å²) in [5.41, 5.74) is 3.21. The molecule has 142 valence electrons. The van der Waals surface area contributed by atoms with Gasteiger partial charge in [0.2, 0.25) is 0 Å². The summed E-state index contributed by atoms with van der Waals surface area (Å²) >= 11 is 0. The molecule has 1 atom stereocenters. The van der Waals surface area contributed by atoms with Crippen molar-refractivity contribution >= 4 is 17.1 Å². The topological polar surface area (TPSA) is 82.0 Å². The van der Waals surface area contributed by atoms with Crippen molar-refractivity contribution in [2.75, 3.05) is 13.1 Å². The standard InChI is InChI=1S/C20H20N6O2/c1-2-25-17(5-9-22-25)20(27)24-10-6-15(12-24)26-18(14-7-11-28-13-14)23-16-4-3-8-21-19(16)26/h3-5,7-9,11,13,15H,2,6,10,12H2,1H3. The van der Waals surface area contributed by atoms with Gasteiger partial charge in [-0.25, -0.2) is 9.97 Å². The van der Waals surface area contributed by atoms with Gasteiger partial charge >= 0.3 is 0 Å². The zero-order valence-corrected chi connectivity index (χ0v) is 15.5. The smallest absolute Gasteiger partial charge is 0.272 e. The number of hydrogen-bond acceptors (Lipinski definition) is 5. The van der Waals surface area contributed by atoms with Crippen LogP contribution in [0.25, 0.3) is 22.6 Å². The maximum absolute atomic E-state index is 13.0. The number of likely N-dealkylation sites (tertiary alicyclic amines) is 1. The lowest BCUT2D eigenvalue weighted by Gasteiger charge is -2.19. The van der Waals surface area contributed by atoms with E-state index in [0.29, 0.717) is 25.3 Å². The van der Waals surface area contributed by atoms with E-state index >= 15 is 0 Å². The first-order valence-corrected chi connectivity index (χ1v) is 9.43. The minimum Gasteiger partial charge on any atom is -0.472 e. The Balaban J connectivity index is 1.50. The molecule has 8 heteroatoms. The Labute approximate surface area is 161 Å². The van der Waals surface area contributed by atoms with Crippen LogP contribution in [0.2, 0.25) is 0 Å². The number of hydrogen-bond donors (Lipinski definition) is 0. The molecule has 5 heterocycles. The minimum atomic E-state index is 0.0177. The molecule has 8 nitrogen and oxygen atoms in total. The normalized spacial score (nSPS) is 16.9. The fourth-order valence-corrected chi connectivity index (χ4v) is 3.94. The molecule has 0 aliphatic carbocycles.